The lowest BCUT2D eigenvalue weighted by atomic mass is 10.1. The molecule has 0 unspecified atom stereocenters. The van der Waals surface area contributed by atoms with Crippen molar-refractivity contribution in [2.75, 3.05) is 32.8 Å². The van der Waals surface area contributed by atoms with E-state index in [-0.39, 0.29) is 12.5 Å². The molecule has 1 amide bonds. The molecule has 2 rings (SSSR count). The van der Waals surface area contributed by atoms with Gasteiger partial charge in [-0.2, -0.15) is 0 Å². The van der Waals surface area contributed by atoms with E-state index in [9.17, 15) is 4.79 Å². The van der Waals surface area contributed by atoms with Gasteiger partial charge in [-0.1, -0.05) is 11.8 Å². The smallest absolute Gasteiger partial charge is 0.266 e. The third kappa shape index (κ3) is 3.76. The van der Waals surface area contributed by atoms with Gasteiger partial charge < -0.3 is 10.5 Å². The Kier molecular flexibility index (Phi) is 4.86. The van der Waals surface area contributed by atoms with Crippen LogP contribution in [0.25, 0.3) is 0 Å². The van der Waals surface area contributed by atoms with Gasteiger partial charge in [-0.25, -0.2) is 5.01 Å². The Morgan fingerprint density at radius 1 is 1.53 bits per heavy atom. The normalized spacial score (nSPS) is 15.4. The van der Waals surface area contributed by atoms with E-state index in [2.05, 4.69) is 22.3 Å². The number of carbonyl (C=O) groups is 1. The summed E-state index contributed by atoms with van der Waals surface area (Å²) in [6.07, 6.45) is 3.14. The number of hydrogen-bond donors (Lipinski definition) is 2. The summed E-state index contributed by atoms with van der Waals surface area (Å²) in [4.78, 5) is 16.1. The van der Waals surface area contributed by atoms with Crippen molar-refractivity contribution in [1.29, 1.82) is 0 Å². The van der Waals surface area contributed by atoms with Crippen molar-refractivity contribution in [3.8, 4) is 11.8 Å². The molecule has 19 heavy (non-hydrogen) atoms. The lowest BCUT2D eigenvalue weighted by Crippen LogP contribution is -2.48. The van der Waals surface area contributed by atoms with Gasteiger partial charge in [0.15, 0.2) is 0 Å². The number of morpholine rings is 1. The molecule has 1 aromatic heterocycles. The SMILES string of the molecule is NCC#Cc1cnccc1C(=O)NN1CCOCC1. The van der Waals surface area contributed by atoms with Gasteiger partial charge in [0.25, 0.3) is 5.91 Å². The molecule has 1 aromatic rings. The number of pyridine rings is 1. The summed E-state index contributed by atoms with van der Waals surface area (Å²) in [5, 5.41) is 1.84. The maximum absolute atomic E-state index is 12.2. The Bertz CT molecular complexity index is 501. The summed E-state index contributed by atoms with van der Waals surface area (Å²) in [7, 11) is 0. The highest BCUT2D eigenvalue weighted by molar-refractivity contribution is 5.96. The molecule has 1 aliphatic heterocycles. The van der Waals surface area contributed by atoms with Crippen LogP contribution in [0, 0.1) is 11.8 Å². The van der Waals surface area contributed by atoms with Crippen LogP contribution in [-0.4, -0.2) is 48.7 Å². The zero-order valence-electron chi connectivity index (χ0n) is 10.6. The average Bonchev–Trinajstić information content (AvgIpc) is 2.46. The van der Waals surface area contributed by atoms with Crippen molar-refractivity contribution in [3.05, 3.63) is 29.6 Å². The van der Waals surface area contributed by atoms with Gasteiger partial charge in [-0.3, -0.25) is 15.2 Å². The molecule has 0 spiro atoms. The second-order valence-electron chi connectivity index (χ2n) is 3.97. The van der Waals surface area contributed by atoms with E-state index < -0.39 is 0 Å². The van der Waals surface area contributed by atoms with Crippen molar-refractivity contribution in [2.24, 2.45) is 5.73 Å². The number of ether oxygens (including phenoxy) is 1. The minimum absolute atomic E-state index is 0.189. The van der Waals surface area contributed by atoms with E-state index in [0.29, 0.717) is 37.4 Å². The zero-order valence-corrected chi connectivity index (χ0v) is 10.6. The first-order valence-electron chi connectivity index (χ1n) is 6.08. The van der Waals surface area contributed by atoms with Crippen LogP contribution in [0.5, 0.6) is 0 Å². The summed E-state index contributed by atoms with van der Waals surface area (Å²) in [6, 6.07) is 1.65. The number of hydrogen-bond acceptors (Lipinski definition) is 5. The molecule has 0 atom stereocenters. The molecule has 6 nitrogen and oxygen atoms in total. The Hall–Kier alpha value is -1.94. The van der Waals surface area contributed by atoms with Gasteiger partial charge in [0.1, 0.15) is 0 Å². The average molecular weight is 260 g/mol. The summed E-state index contributed by atoms with van der Waals surface area (Å²) >= 11 is 0. The van der Waals surface area contributed by atoms with Crippen molar-refractivity contribution in [1.82, 2.24) is 15.4 Å². The van der Waals surface area contributed by atoms with Crippen LogP contribution >= 0.6 is 0 Å². The van der Waals surface area contributed by atoms with E-state index in [1.807, 2.05) is 5.01 Å². The fourth-order valence-corrected chi connectivity index (χ4v) is 1.72. The van der Waals surface area contributed by atoms with Gasteiger partial charge in [-0.05, 0) is 6.07 Å². The summed E-state index contributed by atoms with van der Waals surface area (Å²) in [5.74, 6) is 5.39. The first-order chi connectivity index (χ1) is 9.31. The first kappa shape index (κ1) is 13.5. The van der Waals surface area contributed by atoms with Crippen molar-refractivity contribution >= 4 is 5.91 Å². The minimum Gasteiger partial charge on any atom is -0.379 e. The van der Waals surface area contributed by atoms with Crippen LogP contribution in [-0.2, 0) is 4.74 Å². The topological polar surface area (TPSA) is 80.5 Å². The van der Waals surface area contributed by atoms with E-state index >= 15 is 0 Å². The second-order valence-corrected chi connectivity index (χ2v) is 3.97. The van der Waals surface area contributed by atoms with Crippen LogP contribution in [0.3, 0.4) is 0 Å². The first-order valence-corrected chi connectivity index (χ1v) is 6.08. The Labute approximate surface area is 111 Å². The molecule has 100 valence electrons. The number of rotatable bonds is 2. The predicted octanol–water partition coefficient (Wildman–Crippen LogP) is -0.631. The number of nitrogens with one attached hydrogen (secondary N) is 1. The van der Waals surface area contributed by atoms with Crippen molar-refractivity contribution in [2.45, 2.75) is 0 Å². The molecule has 1 fully saturated rings. The van der Waals surface area contributed by atoms with Gasteiger partial charge in [0.2, 0.25) is 0 Å². The molecule has 0 aliphatic carbocycles. The van der Waals surface area contributed by atoms with Crippen LogP contribution in [0.2, 0.25) is 0 Å². The van der Waals surface area contributed by atoms with E-state index in [1.54, 1.807) is 18.5 Å². The number of hydrazine groups is 1. The molecule has 0 saturated carbocycles. The largest absolute Gasteiger partial charge is 0.379 e. The van der Waals surface area contributed by atoms with Crippen LogP contribution in [0.4, 0.5) is 0 Å². The molecule has 1 aliphatic rings. The molecular weight excluding hydrogens is 244 g/mol. The van der Waals surface area contributed by atoms with Crippen molar-refractivity contribution < 1.29 is 9.53 Å². The number of nitrogens with two attached hydrogens (primary N) is 1. The molecule has 2 heterocycles. The van der Waals surface area contributed by atoms with E-state index in [4.69, 9.17) is 10.5 Å². The Balaban J connectivity index is 2.09. The van der Waals surface area contributed by atoms with Gasteiger partial charge >= 0.3 is 0 Å². The molecular formula is C13H16N4O2. The fraction of sp³-hybridized carbons (Fsp3) is 0.385. The second kappa shape index (κ2) is 6.85. The Morgan fingerprint density at radius 3 is 3.05 bits per heavy atom. The molecule has 3 N–H and O–H groups in total. The molecule has 0 radical (unpaired) electrons. The highest BCUT2D eigenvalue weighted by Crippen LogP contribution is 2.06. The minimum atomic E-state index is -0.189. The van der Waals surface area contributed by atoms with Crippen LogP contribution in [0.15, 0.2) is 18.5 Å². The lowest BCUT2D eigenvalue weighted by Gasteiger charge is -2.27. The van der Waals surface area contributed by atoms with Crippen LogP contribution in [0.1, 0.15) is 15.9 Å². The number of nitrogens with zero attached hydrogens (tertiary/aromatic N) is 2. The van der Waals surface area contributed by atoms with Gasteiger partial charge in [0.05, 0.1) is 30.9 Å². The quantitative estimate of drug-likeness (QED) is 0.692. The monoisotopic (exact) mass is 260 g/mol. The maximum Gasteiger partial charge on any atom is 0.266 e. The van der Waals surface area contributed by atoms with Crippen molar-refractivity contribution in [3.63, 3.8) is 0 Å². The summed E-state index contributed by atoms with van der Waals surface area (Å²) in [5.41, 5.74) is 9.26. The third-order valence-electron chi connectivity index (χ3n) is 2.66. The highest BCUT2D eigenvalue weighted by Gasteiger charge is 2.16. The zero-order chi connectivity index (χ0) is 13.5. The predicted molar refractivity (Wildman–Crippen MR) is 70.0 cm³/mol. The highest BCUT2D eigenvalue weighted by atomic mass is 16.5. The summed E-state index contributed by atoms with van der Waals surface area (Å²) in [6.45, 7) is 2.85. The third-order valence-corrected chi connectivity index (χ3v) is 2.66. The molecule has 1 saturated heterocycles. The van der Waals surface area contributed by atoms with Gasteiger partial charge in [0, 0.05) is 25.5 Å². The molecule has 0 bridgehead atoms. The number of aromatic nitrogens is 1. The standard InChI is InChI=1S/C13H16N4O2/c14-4-1-2-11-10-15-5-3-12(11)13(18)16-17-6-8-19-9-7-17/h3,5,10H,4,6-9,14H2,(H,16,18). The molecule has 0 aromatic carbocycles. The van der Waals surface area contributed by atoms with Gasteiger partial charge in [-0.15, -0.1) is 0 Å². The fourth-order valence-electron chi connectivity index (χ4n) is 1.72. The van der Waals surface area contributed by atoms with Crippen LogP contribution < -0.4 is 11.2 Å². The lowest BCUT2D eigenvalue weighted by molar-refractivity contribution is 0.0126. The summed E-state index contributed by atoms with van der Waals surface area (Å²) < 4.78 is 5.22. The number of amides is 1. The maximum atomic E-state index is 12.2. The van der Waals surface area contributed by atoms with E-state index in [0.717, 1.165) is 0 Å². The molecule has 6 heteroatoms. The Morgan fingerprint density at radius 2 is 2.32 bits per heavy atom. The number of carbonyl (C=O) groups excluding carboxylic acids is 1. The van der Waals surface area contributed by atoms with E-state index in [1.165, 1.54) is 0 Å².